The quantitative estimate of drug-likeness (QED) is 0.613. The molecule has 0 aromatic heterocycles. The van der Waals surface area contributed by atoms with Crippen molar-refractivity contribution < 1.29 is 13.9 Å². The van der Waals surface area contributed by atoms with Gasteiger partial charge in [0.2, 0.25) is 0 Å². The summed E-state index contributed by atoms with van der Waals surface area (Å²) in [7, 11) is 0. The molecule has 0 bridgehead atoms. The zero-order valence-electron chi connectivity index (χ0n) is 12.5. The first-order valence-corrected chi connectivity index (χ1v) is 7.18. The van der Waals surface area contributed by atoms with Gasteiger partial charge in [-0.05, 0) is 57.7 Å². The molecular formula is C16H24FNO2. The van der Waals surface area contributed by atoms with Crippen molar-refractivity contribution in [2.45, 2.75) is 45.7 Å². The SMILES string of the molecule is CC(C)(C)NCc1cc(F)ccc1OCOCC1CC1. The van der Waals surface area contributed by atoms with Crippen LogP contribution in [-0.4, -0.2) is 18.9 Å². The number of benzene rings is 1. The van der Waals surface area contributed by atoms with Crippen LogP contribution in [0.25, 0.3) is 0 Å². The Morgan fingerprint density at radius 1 is 1.30 bits per heavy atom. The van der Waals surface area contributed by atoms with E-state index in [9.17, 15) is 4.39 Å². The van der Waals surface area contributed by atoms with Crippen LogP contribution in [0.4, 0.5) is 4.39 Å². The van der Waals surface area contributed by atoms with Gasteiger partial charge in [0.1, 0.15) is 11.6 Å². The van der Waals surface area contributed by atoms with E-state index >= 15 is 0 Å². The number of ether oxygens (including phenoxy) is 2. The van der Waals surface area contributed by atoms with Gasteiger partial charge in [-0.25, -0.2) is 4.39 Å². The average molecular weight is 281 g/mol. The van der Waals surface area contributed by atoms with Gasteiger partial charge in [0, 0.05) is 17.6 Å². The van der Waals surface area contributed by atoms with E-state index in [2.05, 4.69) is 26.1 Å². The molecule has 1 aliphatic carbocycles. The van der Waals surface area contributed by atoms with Crippen LogP contribution in [-0.2, 0) is 11.3 Å². The molecule has 1 aromatic carbocycles. The molecule has 1 N–H and O–H groups in total. The van der Waals surface area contributed by atoms with Crippen molar-refractivity contribution in [1.82, 2.24) is 5.32 Å². The van der Waals surface area contributed by atoms with Crippen LogP contribution >= 0.6 is 0 Å². The highest BCUT2D eigenvalue weighted by atomic mass is 19.1. The van der Waals surface area contributed by atoms with Crippen LogP contribution in [0.15, 0.2) is 18.2 Å². The topological polar surface area (TPSA) is 30.5 Å². The summed E-state index contributed by atoms with van der Waals surface area (Å²) in [5, 5.41) is 3.34. The van der Waals surface area contributed by atoms with E-state index in [0.29, 0.717) is 18.2 Å². The molecule has 1 fully saturated rings. The van der Waals surface area contributed by atoms with E-state index in [1.165, 1.54) is 25.0 Å². The van der Waals surface area contributed by atoms with Crippen molar-refractivity contribution >= 4 is 0 Å². The highest BCUT2D eigenvalue weighted by Gasteiger charge is 2.21. The third kappa shape index (κ3) is 5.47. The maximum Gasteiger partial charge on any atom is 0.189 e. The first-order valence-electron chi connectivity index (χ1n) is 7.18. The van der Waals surface area contributed by atoms with Crippen LogP contribution in [0.3, 0.4) is 0 Å². The summed E-state index contributed by atoms with van der Waals surface area (Å²) in [5.74, 6) is 1.15. The predicted molar refractivity (Wildman–Crippen MR) is 77.2 cm³/mol. The first-order chi connectivity index (χ1) is 9.44. The average Bonchev–Trinajstić information content (AvgIpc) is 3.17. The molecule has 0 heterocycles. The molecule has 1 saturated carbocycles. The van der Waals surface area contributed by atoms with Gasteiger partial charge < -0.3 is 14.8 Å². The van der Waals surface area contributed by atoms with Gasteiger partial charge in [0.15, 0.2) is 6.79 Å². The molecule has 1 aliphatic rings. The molecular weight excluding hydrogens is 257 g/mol. The van der Waals surface area contributed by atoms with Crippen molar-refractivity contribution in [2.24, 2.45) is 5.92 Å². The monoisotopic (exact) mass is 281 g/mol. The predicted octanol–water partition coefficient (Wildman–Crippen LogP) is 3.48. The Balaban J connectivity index is 1.88. The Morgan fingerprint density at radius 2 is 2.05 bits per heavy atom. The van der Waals surface area contributed by atoms with E-state index in [-0.39, 0.29) is 18.1 Å². The lowest BCUT2D eigenvalue weighted by molar-refractivity contribution is 0.00933. The zero-order valence-corrected chi connectivity index (χ0v) is 12.5. The van der Waals surface area contributed by atoms with Crippen molar-refractivity contribution in [2.75, 3.05) is 13.4 Å². The molecule has 3 nitrogen and oxygen atoms in total. The Hall–Kier alpha value is -1.13. The van der Waals surface area contributed by atoms with Crippen LogP contribution in [0.1, 0.15) is 39.2 Å². The van der Waals surface area contributed by atoms with Gasteiger partial charge in [-0.15, -0.1) is 0 Å². The molecule has 0 aliphatic heterocycles. The fourth-order valence-electron chi connectivity index (χ4n) is 1.79. The van der Waals surface area contributed by atoms with Crippen molar-refractivity contribution in [3.8, 4) is 5.75 Å². The van der Waals surface area contributed by atoms with E-state index in [1.54, 1.807) is 6.07 Å². The van der Waals surface area contributed by atoms with E-state index in [1.807, 2.05) is 0 Å². The smallest absolute Gasteiger partial charge is 0.189 e. The van der Waals surface area contributed by atoms with E-state index in [4.69, 9.17) is 9.47 Å². The second-order valence-electron chi connectivity index (χ2n) is 6.43. The fourth-order valence-corrected chi connectivity index (χ4v) is 1.79. The number of hydrogen-bond donors (Lipinski definition) is 1. The lowest BCUT2D eigenvalue weighted by Gasteiger charge is -2.21. The van der Waals surface area contributed by atoms with Crippen LogP contribution in [0.2, 0.25) is 0 Å². The molecule has 0 spiro atoms. The second kappa shape index (κ2) is 6.55. The maximum absolute atomic E-state index is 13.4. The van der Waals surface area contributed by atoms with Gasteiger partial charge in [-0.3, -0.25) is 0 Å². The fraction of sp³-hybridized carbons (Fsp3) is 0.625. The summed E-state index contributed by atoms with van der Waals surface area (Å²) < 4.78 is 24.4. The summed E-state index contributed by atoms with van der Waals surface area (Å²) in [6.45, 7) is 7.78. The minimum Gasteiger partial charge on any atom is -0.467 e. The van der Waals surface area contributed by atoms with Gasteiger partial charge in [-0.1, -0.05) is 0 Å². The summed E-state index contributed by atoms with van der Waals surface area (Å²) >= 11 is 0. The normalized spacial score (nSPS) is 15.4. The third-order valence-corrected chi connectivity index (χ3v) is 3.18. The highest BCUT2D eigenvalue weighted by molar-refractivity contribution is 5.34. The molecule has 2 rings (SSSR count). The van der Waals surface area contributed by atoms with Gasteiger partial charge in [0.05, 0.1) is 6.61 Å². The highest BCUT2D eigenvalue weighted by Crippen LogP contribution is 2.29. The Labute approximate surface area is 120 Å². The summed E-state index contributed by atoms with van der Waals surface area (Å²) in [6.07, 6.45) is 2.52. The standard InChI is InChI=1S/C16H24FNO2/c1-16(2,3)18-9-13-8-14(17)6-7-15(13)20-11-19-10-12-4-5-12/h6-8,12,18H,4-5,9-11H2,1-3H3. The summed E-state index contributed by atoms with van der Waals surface area (Å²) in [5.41, 5.74) is 0.793. The Kier molecular flexibility index (Phi) is 5.00. The number of nitrogens with one attached hydrogen (secondary N) is 1. The van der Waals surface area contributed by atoms with Crippen molar-refractivity contribution in [1.29, 1.82) is 0 Å². The minimum atomic E-state index is -0.248. The summed E-state index contributed by atoms with van der Waals surface area (Å²) in [4.78, 5) is 0. The number of hydrogen-bond acceptors (Lipinski definition) is 3. The lowest BCUT2D eigenvalue weighted by Crippen LogP contribution is -2.35. The van der Waals surface area contributed by atoms with Gasteiger partial charge in [-0.2, -0.15) is 0 Å². The molecule has 0 atom stereocenters. The number of halogens is 1. The van der Waals surface area contributed by atoms with Crippen LogP contribution in [0, 0.1) is 11.7 Å². The van der Waals surface area contributed by atoms with Gasteiger partial charge >= 0.3 is 0 Å². The summed E-state index contributed by atoms with van der Waals surface area (Å²) in [6, 6.07) is 4.58. The van der Waals surface area contributed by atoms with E-state index in [0.717, 1.165) is 12.2 Å². The molecule has 0 saturated heterocycles. The molecule has 4 heteroatoms. The van der Waals surface area contributed by atoms with Crippen molar-refractivity contribution in [3.63, 3.8) is 0 Å². The van der Waals surface area contributed by atoms with Crippen LogP contribution in [0.5, 0.6) is 5.75 Å². The molecule has 0 unspecified atom stereocenters. The van der Waals surface area contributed by atoms with Crippen molar-refractivity contribution in [3.05, 3.63) is 29.6 Å². The van der Waals surface area contributed by atoms with Crippen LogP contribution < -0.4 is 10.1 Å². The first kappa shape index (κ1) is 15.3. The number of rotatable bonds is 7. The Bertz CT molecular complexity index is 439. The molecule has 112 valence electrons. The zero-order chi connectivity index (χ0) is 14.6. The molecule has 0 amide bonds. The molecule has 0 radical (unpaired) electrons. The lowest BCUT2D eigenvalue weighted by atomic mass is 10.1. The molecule has 1 aromatic rings. The van der Waals surface area contributed by atoms with E-state index < -0.39 is 0 Å². The maximum atomic E-state index is 13.4. The third-order valence-electron chi connectivity index (χ3n) is 3.18. The van der Waals surface area contributed by atoms with Gasteiger partial charge in [0.25, 0.3) is 0 Å². The minimum absolute atomic E-state index is 0.0218. The molecule has 20 heavy (non-hydrogen) atoms. The Morgan fingerprint density at radius 3 is 2.70 bits per heavy atom. The second-order valence-corrected chi connectivity index (χ2v) is 6.43. The largest absolute Gasteiger partial charge is 0.467 e.